The summed E-state index contributed by atoms with van der Waals surface area (Å²) in [7, 11) is 0. The lowest BCUT2D eigenvalue weighted by Gasteiger charge is -2.19. The molecule has 0 saturated carbocycles. The second-order valence-electron chi connectivity index (χ2n) is 6.20. The van der Waals surface area contributed by atoms with E-state index in [1.807, 2.05) is 47.0 Å². The van der Waals surface area contributed by atoms with Crippen LogP contribution in [0, 0.1) is 14.9 Å². The highest BCUT2D eigenvalue weighted by Gasteiger charge is 2.22. The van der Waals surface area contributed by atoms with Crippen molar-refractivity contribution in [3.63, 3.8) is 0 Å². The number of nitrogens with one attached hydrogen (secondary N) is 1. The quantitative estimate of drug-likeness (QED) is 0.423. The molecule has 0 unspecified atom stereocenters. The largest absolute Gasteiger partial charge is 0.377 e. The van der Waals surface area contributed by atoms with Crippen LogP contribution >= 0.6 is 22.6 Å². The summed E-state index contributed by atoms with van der Waals surface area (Å²) in [6.07, 6.45) is 7.15. The average molecular weight is 480 g/mol. The van der Waals surface area contributed by atoms with Gasteiger partial charge in [0.15, 0.2) is 5.65 Å². The molecule has 28 heavy (non-hydrogen) atoms. The Hall–Kier alpha value is -2.96. The first-order valence-electron chi connectivity index (χ1n) is 8.74. The maximum Gasteiger partial charge on any atom is 0.161 e. The Kier molecular flexibility index (Phi) is 5.23. The summed E-state index contributed by atoms with van der Waals surface area (Å²) in [5.41, 5.74) is 11.8. The SMILES string of the molecule is N#Cc1c(-c2ccccc2I)c(CN)n2ccnc2c1NCc1cccnc1. The van der Waals surface area contributed by atoms with Crippen molar-refractivity contribution in [2.45, 2.75) is 13.1 Å². The zero-order chi connectivity index (χ0) is 19.5. The highest BCUT2D eigenvalue weighted by atomic mass is 127. The molecule has 138 valence electrons. The van der Waals surface area contributed by atoms with Crippen LogP contribution in [0.15, 0.2) is 61.2 Å². The van der Waals surface area contributed by atoms with Crippen LogP contribution in [0.1, 0.15) is 16.8 Å². The molecule has 0 aliphatic rings. The van der Waals surface area contributed by atoms with E-state index in [2.05, 4.69) is 43.9 Å². The summed E-state index contributed by atoms with van der Waals surface area (Å²) in [6.45, 7) is 0.836. The summed E-state index contributed by atoms with van der Waals surface area (Å²) < 4.78 is 3.02. The van der Waals surface area contributed by atoms with Crippen molar-refractivity contribution in [3.05, 3.63) is 81.6 Å². The summed E-state index contributed by atoms with van der Waals surface area (Å²) >= 11 is 2.29. The third-order valence-corrected chi connectivity index (χ3v) is 5.52. The van der Waals surface area contributed by atoms with E-state index >= 15 is 0 Å². The standard InChI is InChI=1S/C21H17IN6/c22-17-6-2-1-5-15(17)19-16(10-23)20(27-13-14-4-3-7-25-12-14)21-26-8-9-28(21)18(19)11-24/h1-9,12,27H,11,13,24H2. The van der Waals surface area contributed by atoms with Crippen molar-refractivity contribution in [3.8, 4) is 17.2 Å². The molecule has 0 atom stereocenters. The van der Waals surface area contributed by atoms with Gasteiger partial charge in [-0.2, -0.15) is 5.26 Å². The molecule has 0 bridgehead atoms. The number of fused-ring (bicyclic) bond motifs is 1. The highest BCUT2D eigenvalue weighted by molar-refractivity contribution is 14.1. The highest BCUT2D eigenvalue weighted by Crippen LogP contribution is 2.37. The van der Waals surface area contributed by atoms with E-state index in [0.717, 1.165) is 26.0 Å². The minimum Gasteiger partial charge on any atom is -0.377 e. The Morgan fingerprint density at radius 1 is 1.18 bits per heavy atom. The minimum absolute atomic E-state index is 0.296. The lowest BCUT2D eigenvalue weighted by molar-refractivity contribution is 0.945. The molecule has 6 nitrogen and oxygen atoms in total. The van der Waals surface area contributed by atoms with Crippen LogP contribution in [0.4, 0.5) is 5.69 Å². The van der Waals surface area contributed by atoms with Crippen LogP contribution in [-0.4, -0.2) is 14.4 Å². The predicted octanol–water partition coefficient (Wildman–Crippen LogP) is 3.94. The summed E-state index contributed by atoms with van der Waals surface area (Å²) in [4.78, 5) is 8.63. The molecule has 0 spiro atoms. The molecule has 0 amide bonds. The molecule has 0 saturated heterocycles. The topological polar surface area (TPSA) is 92.0 Å². The Morgan fingerprint density at radius 2 is 2.04 bits per heavy atom. The molecule has 4 rings (SSSR count). The predicted molar refractivity (Wildman–Crippen MR) is 118 cm³/mol. The Morgan fingerprint density at radius 3 is 2.75 bits per heavy atom. The van der Waals surface area contributed by atoms with Crippen LogP contribution in [-0.2, 0) is 13.1 Å². The van der Waals surface area contributed by atoms with Gasteiger partial charge in [0.05, 0.1) is 11.3 Å². The smallest absolute Gasteiger partial charge is 0.161 e. The second kappa shape index (κ2) is 7.96. The molecule has 4 aromatic rings. The number of halogens is 1. The van der Waals surface area contributed by atoms with Gasteiger partial charge in [-0.25, -0.2) is 4.98 Å². The van der Waals surface area contributed by atoms with Gasteiger partial charge in [0.2, 0.25) is 0 Å². The van der Waals surface area contributed by atoms with E-state index in [-0.39, 0.29) is 0 Å². The van der Waals surface area contributed by atoms with Gasteiger partial charge in [-0.1, -0.05) is 24.3 Å². The number of hydrogen-bond donors (Lipinski definition) is 2. The van der Waals surface area contributed by atoms with Crippen molar-refractivity contribution >= 4 is 33.9 Å². The molecule has 1 aromatic carbocycles. The van der Waals surface area contributed by atoms with E-state index in [4.69, 9.17) is 5.73 Å². The third-order valence-electron chi connectivity index (χ3n) is 4.58. The van der Waals surface area contributed by atoms with Crippen LogP contribution in [0.2, 0.25) is 0 Å². The number of nitrogens with zero attached hydrogens (tertiary/aromatic N) is 4. The van der Waals surface area contributed by atoms with Gasteiger partial charge in [-0.15, -0.1) is 0 Å². The molecule has 0 aliphatic carbocycles. The molecule has 3 heterocycles. The molecule has 3 aromatic heterocycles. The number of imidazole rings is 1. The van der Waals surface area contributed by atoms with E-state index in [1.165, 1.54) is 0 Å². The van der Waals surface area contributed by atoms with E-state index in [9.17, 15) is 5.26 Å². The average Bonchev–Trinajstić information content (AvgIpc) is 3.22. The lowest BCUT2D eigenvalue weighted by atomic mass is 9.97. The number of anilines is 1. The number of rotatable bonds is 5. The zero-order valence-corrected chi connectivity index (χ0v) is 17.1. The van der Waals surface area contributed by atoms with E-state index in [0.29, 0.717) is 30.0 Å². The Labute approximate surface area is 176 Å². The second-order valence-corrected chi connectivity index (χ2v) is 7.37. The van der Waals surface area contributed by atoms with Gasteiger partial charge in [0.1, 0.15) is 6.07 Å². The summed E-state index contributed by atoms with van der Waals surface area (Å²) in [5, 5.41) is 13.5. The number of nitrogens with two attached hydrogens (primary N) is 1. The van der Waals surface area contributed by atoms with Crippen molar-refractivity contribution in [1.82, 2.24) is 14.4 Å². The fourth-order valence-electron chi connectivity index (χ4n) is 3.33. The van der Waals surface area contributed by atoms with Gasteiger partial charge in [-0.05, 0) is 45.9 Å². The van der Waals surface area contributed by atoms with Gasteiger partial charge >= 0.3 is 0 Å². The fourth-order valence-corrected chi connectivity index (χ4v) is 3.99. The van der Waals surface area contributed by atoms with E-state index < -0.39 is 0 Å². The van der Waals surface area contributed by atoms with E-state index in [1.54, 1.807) is 18.6 Å². The first-order valence-corrected chi connectivity index (χ1v) is 9.82. The number of aromatic nitrogens is 3. The number of nitriles is 1. The van der Waals surface area contributed by atoms with Gasteiger partial charge < -0.3 is 15.5 Å². The van der Waals surface area contributed by atoms with Crippen molar-refractivity contribution in [1.29, 1.82) is 5.26 Å². The third kappa shape index (κ3) is 3.21. The minimum atomic E-state index is 0.296. The molecule has 0 fully saturated rings. The summed E-state index contributed by atoms with van der Waals surface area (Å²) in [6, 6.07) is 14.3. The lowest BCUT2D eigenvalue weighted by Crippen LogP contribution is -2.12. The Bertz CT molecular complexity index is 1180. The molecule has 7 heteroatoms. The zero-order valence-electron chi connectivity index (χ0n) is 14.9. The van der Waals surface area contributed by atoms with Crippen LogP contribution in [0.25, 0.3) is 16.8 Å². The maximum atomic E-state index is 10.1. The van der Waals surface area contributed by atoms with Crippen molar-refractivity contribution in [2.24, 2.45) is 5.73 Å². The first-order chi connectivity index (χ1) is 13.7. The first kappa shape index (κ1) is 18.4. The molecule has 0 aliphatic heterocycles. The summed E-state index contributed by atoms with van der Waals surface area (Å²) in [5.74, 6) is 0. The van der Waals surface area contributed by atoms with Crippen molar-refractivity contribution < 1.29 is 0 Å². The molecule has 0 radical (unpaired) electrons. The van der Waals surface area contributed by atoms with Gasteiger partial charge in [0, 0.05) is 52.7 Å². The monoisotopic (exact) mass is 480 g/mol. The normalized spacial score (nSPS) is 10.8. The fraction of sp³-hybridized carbons (Fsp3) is 0.0952. The van der Waals surface area contributed by atoms with Crippen LogP contribution in [0.3, 0.4) is 0 Å². The Balaban J connectivity index is 1.96. The number of pyridine rings is 2. The molecular formula is C21H17IN6. The van der Waals surface area contributed by atoms with Crippen LogP contribution in [0.5, 0.6) is 0 Å². The molecule has 3 N–H and O–H groups in total. The van der Waals surface area contributed by atoms with Crippen LogP contribution < -0.4 is 11.1 Å². The van der Waals surface area contributed by atoms with Gasteiger partial charge in [0.25, 0.3) is 0 Å². The maximum absolute atomic E-state index is 10.1. The van der Waals surface area contributed by atoms with Crippen molar-refractivity contribution in [2.75, 3.05) is 5.32 Å². The van der Waals surface area contributed by atoms with Gasteiger partial charge in [-0.3, -0.25) is 4.98 Å². The number of hydrogen-bond acceptors (Lipinski definition) is 5. The number of benzene rings is 1. The molecular weight excluding hydrogens is 463 g/mol.